The van der Waals surface area contributed by atoms with Crippen LogP contribution in [0.1, 0.15) is 29.8 Å². The molecule has 102 valence electrons. The van der Waals surface area contributed by atoms with Gasteiger partial charge in [-0.3, -0.25) is 14.7 Å². The number of aromatic nitrogens is 2. The van der Waals surface area contributed by atoms with Gasteiger partial charge in [-0.25, -0.2) is 4.98 Å². The van der Waals surface area contributed by atoms with E-state index in [1.807, 2.05) is 4.90 Å². The number of nitrogens with zero attached hydrogens (tertiary/aromatic N) is 4. The van der Waals surface area contributed by atoms with Crippen LogP contribution in [0.2, 0.25) is 5.15 Å². The molecule has 1 unspecified atom stereocenters. The van der Waals surface area contributed by atoms with Crippen molar-refractivity contribution in [2.75, 3.05) is 26.2 Å². The fourth-order valence-corrected chi connectivity index (χ4v) is 3.09. The number of rotatable bonds is 2. The Bertz CT molecular complexity index is 475. The van der Waals surface area contributed by atoms with Crippen molar-refractivity contribution in [2.24, 2.45) is 0 Å². The van der Waals surface area contributed by atoms with Crippen molar-refractivity contribution >= 4 is 17.5 Å². The van der Waals surface area contributed by atoms with Gasteiger partial charge in [-0.05, 0) is 32.4 Å². The average Bonchev–Trinajstić information content (AvgIpc) is 3.08. The van der Waals surface area contributed by atoms with Gasteiger partial charge < -0.3 is 4.90 Å². The molecular weight excluding hydrogens is 264 g/mol. The van der Waals surface area contributed by atoms with E-state index in [0.29, 0.717) is 11.7 Å². The maximum atomic E-state index is 12.3. The van der Waals surface area contributed by atoms with E-state index < -0.39 is 0 Å². The van der Waals surface area contributed by atoms with Gasteiger partial charge in [0, 0.05) is 19.1 Å². The molecule has 0 aliphatic carbocycles. The molecule has 1 aromatic rings. The summed E-state index contributed by atoms with van der Waals surface area (Å²) >= 11 is 5.78. The molecule has 0 spiro atoms. The molecular formula is C13H17ClN4O. The summed E-state index contributed by atoms with van der Waals surface area (Å²) in [4.78, 5) is 24.6. The summed E-state index contributed by atoms with van der Waals surface area (Å²) < 4.78 is 0. The molecule has 0 N–H and O–H groups in total. The summed E-state index contributed by atoms with van der Waals surface area (Å²) in [6, 6.07) is 0.513. The Kier molecular flexibility index (Phi) is 3.66. The van der Waals surface area contributed by atoms with Crippen LogP contribution < -0.4 is 0 Å². The number of carbonyl (C=O) groups is 1. The lowest BCUT2D eigenvalue weighted by molar-refractivity contribution is 0.0774. The Morgan fingerprint density at radius 3 is 2.79 bits per heavy atom. The predicted molar refractivity (Wildman–Crippen MR) is 72.2 cm³/mol. The Balaban J connectivity index is 1.65. The highest BCUT2D eigenvalue weighted by Crippen LogP contribution is 2.21. The molecule has 0 radical (unpaired) electrons. The van der Waals surface area contributed by atoms with E-state index in [-0.39, 0.29) is 11.1 Å². The van der Waals surface area contributed by atoms with Gasteiger partial charge in [0.25, 0.3) is 5.91 Å². The van der Waals surface area contributed by atoms with Crippen LogP contribution in [0.25, 0.3) is 0 Å². The second-order valence-electron chi connectivity index (χ2n) is 5.16. The zero-order valence-corrected chi connectivity index (χ0v) is 11.5. The van der Waals surface area contributed by atoms with Crippen LogP contribution >= 0.6 is 11.6 Å². The Morgan fingerprint density at radius 2 is 2.05 bits per heavy atom. The summed E-state index contributed by atoms with van der Waals surface area (Å²) in [5, 5.41) is 0.265. The molecule has 1 atom stereocenters. The highest BCUT2D eigenvalue weighted by atomic mass is 35.5. The summed E-state index contributed by atoms with van der Waals surface area (Å²) in [6.07, 6.45) is 6.54. The van der Waals surface area contributed by atoms with Crippen molar-refractivity contribution in [1.82, 2.24) is 19.8 Å². The second-order valence-corrected chi connectivity index (χ2v) is 5.55. The fraction of sp³-hybridized carbons (Fsp3) is 0.615. The molecule has 0 bridgehead atoms. The lowest BCUT2D eigenvalue weighted by Gasteiger charge is -2.23. The van der Waals surface area contributed by atoms with Crippen LogP contribution in [0.5, 0.6) is 0 Å². The van der Waals surface area contributed by atoms with Gasteiger partial charge in [0.2, 0.25) is 0 Å². The molecule has 2 aliphatic heterocycles. The summed E-state index contributed by atoms with van der Waals surface area (Å²) in [5.41, 5.74) is 0.342. The molecule has 0 saturated carbocycles. The monoisotopic (exact) mass is 280 g/mol. The van der Waals surface area contributed by atoms with Crippen LogP contribution in [-0.2, 0) is 0 Å². The van der Waals surface area contributed by atoms with Gasteiger partial charge in [-0.15, -0.1) is 0 Å². The van der Waals surface area contributed by atoms with Crippen molar-refractivity contribution in [2.45, 2.75) is 25.3 Å². The van der Waals surface area contributed by atoms with E-state index in [4.69, 9.17) is 11.6 Å². The molecule has 6 heteroatoms. The summed E-state index contributed by atoms with van der Waals surface area (Å²) in [5.74, 6) is -0.0586. The topological polar surface area (TPSA) is 49.3 Å². The van der Waals surface area contributed by atoms with Crippen LogP contribution in [0.4, 0.5) is 0 Å². The average molecular weight is 281 g/mol. The maximum absolute atomic E-state index is 12.3. The van der Waals surface area contributed by atoms with Crippen LogP contribution in [0.15, 0.2) is 12.4 Å². The maximum Gasteiger partial charge on any atom is 0.274 e. The highest BCUT2D eigenvalue weighted by molar-refractivity contribution is 6.29. The number of likely N-dealkylation sites (tertiary alicyclic amines) is 2. The Labute approximate surface area is 117 Å². The second kappa shape index (κ2) is 5.43. The zero-order chi connectivity index (χ0) is 13.2. The predicted octanol–water partition coefficient (Wildman–Crippen LogP) is 1.44. The number of amides is 1. The lowest BCUT2D eigenvalue weighted by Crippen LogP contribution is -2.37. The van der Waals surface area contributed by atoms with Crippen LogP contribution in [0.3, 0.4) is 0 Å². The first-order valence-electron chi connectivity index (χ1n) is 6.75. The first kappa shape index (κ1) is 12.8. The molecule has 1 aromatic heterocycles. The number of halogens is 1. The number of hydrogen-bond acceptors (Lipinski definition) is 4. The SMILES string of the molecule is O=C(c1cncc(Cl)n1)N1CCC(N2CCCC2)C1. The smallest absolute Gasteiger partial charge is 0.274 e. The van der Waals surface area contributed by atoms with E-state index in [0.717, 1.165) is 19.5 Å². The summed E-state index contributed by atoms with van der Waals surface area (Å²) in [6.45, 7) is 3.94. The van der Waals surface area contributed by atoms with Gasteiger partial charge in [0.05, 0.1) is 12.4 Å². The van der Waals surface area contributed by atoms with Crippen molar-refractivity contribution in [3.05, 3.63) is 23.2 Å². The van der Waals surface area contributed by atoms with Crippen molar-refractivity contribution in [1.29, 1.82) is 0 Å². The van der Waals surface area contributed by atoms with Gasteiger partial charge >= 0.3 is 0 Å². The van der Waals surface area contributed by atoms with Gasteiger partial charge in [-0.1, -0.05) is 11.6 Å². The minimum Gasteiger partial charge on any atom is -0.336 e. The van der Waals surface area contributed by atoms with Crippen molar-refractivity contribution < 1.29 is 4.79 Å². The minimum atomic E-state index is -0.0586. The van der Waals surface area contributed by atoms with E-state index in [1.165, 1.54) is 38.3 Å². The first-order valence-corrected chi connectivity index (χ1v) is 7.13. The van der Waals surface area contributed by atoms with Gasteiger partial charge in [0.1, 0.15) is 10.8 Å². The molecule has 19 heavy (non-hydrogen) atoms. The zero-order valence-electron chi connectivity index (χ0n) is 10.8. The Hall–Kier alpha value is -1.20. The number of hydrogen-bond donors (Lipinski definition) is 0. The molecule has 2 aliphatic rings. The lowest BCUT2D eigenvalue weighted by atomic mass is 10.2. The summed E-state index contributed by atoms with van der Waals surface area (Å²) in [7, 11) is 0. The minimum absolute atomic E-state index is 0.0586. The number of carbonyl (C=O) groups excluding carboxylic acids is 1. The third-order valence-corrected chi connectivity index (χ3v) is 4.11. The highest BCUT2D eigenvalue weighted by Gasteiger charge is 2.32. The molecule has 1 amide bonds. The standard InChI is InChI=1S/C13H17ClN4O/c14-12-8-15-7-11(16-12)13(19)18-6-3-10(9-18)17-4-1-2-5-17/h7-8,10H,1-6,9H2. The van der Waals surface area contributed by atoms with Crippen molar-refractivity contribution in [3.63, 3.8) is 0 Å². The molecule has 3 heterocycles. The van der Waals surface area contributed by atoms with E-state index in [2.05, 4.69) is 14.9 Å². The third kappa shape index (κ3) is 2.72. The fourth-order valence-electron chi connectivity index (χ4n) is 2.94. The van der Waals surface area contributed by atoms with E-state index in [1.54, 1.807) is 0 Å². The molecule has 2 fully saturated rings. The van der Waals surface area contributed by atoms with E-state index in [9.17, 15) is 4.79 Å². The molecule has 5 nitrogen and oxygen atoms in total. The quantitative estimate of drug-likeness (QED) is 0.823. The first-order chi connectivity index (χ1) is 9.24. The molecule has 0 aromatic carbocycles. The molecule has 2 saturated heterocycles. The van der Waals surface area contributed by atoms with Gasteiger partial charge in [0.15, 0.2) is 0 Å². The third-order valence-electron chi connectivity index (χ3n) is 3.93. The van der Waals surface area contributed by atoms with E-state index >= 15 is 0 Å². The van der Waals surface area contributed by atoms with Gasteiger partial charge in [-0.2, -0.15) is 0 Å². The van der Waals surface area contributed by atoms with Crippen LogP contribution in [-0.4, -0.2) is 57.9 Å². The Morgan fingerprint density at radius 1 is 1.26 bits per heavy atom. The largest absolute Gasteiger partial charge is 0.336 e. The molecule has 3 rings (SSSR count). The van der Waals surface area contributed by atoms with Crippen LogP contribution in [0, 0.1) is 0 Å². The normalized spacial score (nSPS) is 24.1. The van der Waals surface area contributed by atoms with Crippen molar-refractivity contribution in [3.8, 4) is 0 Å².